The molecule has 1 aliphatic carbocycles. The van der Waals surface area contributed by atoms with Gasteiger partial charge in [0.2, 0.25) is 5.91 Å². The normalized spacial score (nSPS) is 22.9. The van der Waals surface area contributed by atoms with Crippen molar-refractivity contribution in [2.24, 2.45) is 0 Å². The van der Waals surface area contributed by atoms with Gasteiger partial charge in [-0.3, -0.25) is 4.79 Å². The summed E-state index contributed by atoms with van der Waals surface area (Å²) in [5, 5.41) is 0. The number of likely N-dealkylation sites (tertiary alicyclic amines) is 1. The van der Waals surface area contributed by atoms with Crippen LogP contribution in [0, 0.1) is 5.82 Å². The van der Waals surface area contributed by atoms with E-state index in [0.717, 1.165) is 51.7 Å². The maximum atomic E-state index is 14.2. The second-order valence-electron chi connectivity index (χ2n) is 6.85. The van der Waals surface area contributed by atoms with Crippen molar-refractivity contribution in [1.82, 2.24) is 4.90 Å². The van der Waals surface area contributed by atoms with E-state index in [1.165, 1.54) is 12.5 Å². The Balaban J connectivity index is 1.76. The van der Waals surface area contributed by atoms with Crippen molar-refractivity contribution in [3.63, 3.8) is 0 Å². The lowest BCUT2D eigenvalue weighted by molar-refractivity contribution is -0.138. The molecule has 1 saturated carbocycles. The topological polar surface area (TPSA) is 29.5 Å². The molecule has 1 aromatic rings. The minimum absolute atomic E-state index is 0.143. The molecule has 23 heavy (non-hydrogen) atoms. The van der Waals surface area contributed by atoms with Crippen molar-refractivity contribution in [2.75, 3.05) is 20.3 Å². The molecule has 1 aromatic carbocycles. The highest BCUT2D eigenvalue weighted by molar-refractivity contribution is 5.91. The number of hydrogen-bond donors (Lipinski definition) is 0. The molecule has 1 amide bonds. The summed E-state index contributed by atoms with van der Waals surface area (Å²) in [4.78, 5) is 15.2. The molecule has 1 saturated heterocycles. The van der Waals surface area contributed by atoms with E-state index in [4.69, 9.17) is 4.74 Å². The van der Waals surface area contributed by atoms with E-state index < -0.39 is 5.41 Å². The summed E-state index contributed by atoms with van der Waals surface area (Å²) < 4.78 is 19.4. The van der Waals surface area contributed by atoms with Crippen LogP contribution in [0.25, 0.3) is 0 Å². The second kappa shape index (κ2) is 7.00. The molecule has 0 bridgehead atoms. The lowest BCUT2D eigenvalue weighted by Crippen LogP contribution is -2.48. The molecule has 0 unspecified atom stereocenters. The zero-order valence-corrected chi connectivity index (χ0v) is 13.9. The van der Waals surface area contributed by atoms with Gasteiger partial charge in [-0.25, -0.2) is 4.39 Å². The van der Waals surface area contributed by atoms with Crippen LogP contribution in [0.15, 0.2) is 24.3 Å². The summed E-state index contributed by atoms with van der Waals surface area (Å²) in [6.45, 7) is 1.55. The van der Waals surface area contributed by atoms with Crippen LogP contribution in [-0.2, 0) is 14.9 Å². The van der Waals surface area contributed by atoms with E-state index in [1.54, 1.807) is 19.2 Å². The first-order valence-electron chi connectivity index (χ1n) is 8.74. The van der Waals surface area contributed by atoms with Gasteiger partial charge in [-0.2, -0.15) is 0 Å². The Morgan fingerprint density at radius 2 is 2.13 bits per heavy atom. The number of piperidine rings is 1. The molecule has 2 aliphatic rings. The Kier molecular flexibility index (Phi) is 5.00. The molecule has 0 aromatic heterocycles. The number of carbonyl (C=O) groups excluding carboxylic acids is 1. The third-order valence-electron chi connectivity index (χ3n) is 5.32. The quantitative estimate of drug-likeness (QED) is 0.749. The first-order valence-corrected chi connectivity index (χ1v) is 8.74. The number of hydrogen-bond acceptors (Lipinski definition) is 2. The molecule has 1 heterocycles. The van der Waals surface area contributed by atoms with Crippen LogP contribution in [0.3, 0.4) is 0 Å². The maximum Gasteiger partial charge on any atom is 0.233 e. The first-order chi connectivity index (χ1) is 11.2. The van der Waals surface area contributed by atoms with E-state index in [-0.39, 0.29) is 17.8 Å². The molecule has 3 nitrogen and oxygen atoms in total. The number of amides is 1. The van der Waals surface area contributed by atoms with E-state index in [2.05, 4.69) is 0 Å². The number of rotatable bonds is 6. The fourth-order valence-electron chi connectivity index (χ4n) is 3.88. The second-order valence-corrected chi connectivity index (χ2v) is 6.85. The summed E-state index contributed by atoms with van der Waals surface area (Å²) in [6.07, 6.45) is 6.78. The van der Waals surface area contributed by atoms with Gasteiger partial charge in [-0.05, 0) is 51.0 Å². The Morgan fingerprint density at radius 3 is 2.83 bits per heavy atom. The zero-order chi connectivity index (χ0) is 16.3. The molecule has 4 heteroatoms. The Hall–Kier alpha value is -1.42. The molecule has 126 valence electrons. The third kappa shape index (κ3) is 3.27. The van der Waals surface area contributed by atoms with Crippen molar-refractivity contribution in [3.05, 3.63) is 35.6 Å². The standard InChI is InChI=1S/C19H26FNO2/c1-23-14-6-8-15-7-4-5-13-21(15)18(22)19(11-12-19)16-9-2-3-10-17(16)20/h2-3,9-10,15H,4-8,11-14H2,1H3/t15-/m0/s1. The summed E-state index contributed by atoms with van der Waals surface area (Å²) in [6, 6.07) is 7.06. The highest BCUT2D eigenvalue weighted by Crippen LogP contribution is 2.51. The van der Waals surface area contributed by atoms with Crippen LogP contribution >= 0.6 is 0 Å². The smallest absolute Gasteiger partial charge is 0.233 e. The Bertz CT molecular complexity index is 556. The van der Waals surface area contributed by atoms with Crippen LogP contribution in [-0.4, -0.2) is 37.1 Å². The molecule has 0 radical (unpaired) electrons. The van der Waals surface area contributed by atoms with Crippen molar-refractivity contribution in [2.45, 2.75) is 56.4 Å². The van der Waals surface area contributed by atoms with Gasteiger partial charge in [-0.15, -0.1) is 0 Å². The third-order valence-corrected chi connectivity index (χ3v) is 5.32. The van der Waals surface area contributed by atoms with Gasteiger partial charge >= 0.3 is 0 Å². The summed E-state index contributed by atoms with van der Waals surface area (Å²) in [7, 11) is 1.71. The minimum atomic E-state index is -0.595. The van der Waals surface area contributed by atoms with Crippen molar-refractivity contribution >= 4 is 5.91 Å². The summed E-state index contributed by atoms with van der Waals surface area (Å²) in [5.41, 5.74) is -0.00596. The highest BCUT2D eigenvalue weighted by Gasteiger charge is 2.55. The van der Waals surface area contributed by atoms with Crippen LogP contribution in [0.2, 0.25) is 0 Å². The average molecular weight is 319 g/mol. The molecule has 2 fully saturated rings. The fraction of sp³-hybridized carbons (Fsp3) is 0.632. The molecular formula is C19H26FNO2. The summed E-state index contributed by atoms with van der Waals surface area (Å²) >= 11 is 0. The van der Waals surface area contributed by atoms with E-state index >= 15 is 0 Å². The molecule has 0 spiro atoms. The lowest BCUT2D eigenvalue weighted by Gasteiger charge is -2.38. The van der Waals surface area contributed by atoms with Crippen LogP contribution in [0.5, 0.6) is 0 Å². The lowest BCUT2D eigenvalue weighted by atomic mass is 9.90. The predicted molar refractivity (Wildman–Crippen MR) is 87.8 cm³/mol. The highest BCUT2D eigenvalue weighted by atomic mass is 19.1. The van der Waals surface area contributed by atoms with Gasteiger partial charge in [0.1, 0.15) is 5.82 Å². The first kappa shape index (κ1) is 16.4. The van der Waals surface area contributed by atoms with Crippen molar-refractivity contribution < 1.29 is 13.9 Å². The number of ether oxygens (including phenoxy) is 1. The van der Waals surface area contributed by atoms with Crippen molar-refractivity contribution in [1.29, 1.82) is 0 Å². The number of benzene rings is 1. The van der Waals surface area contributed by atoms with Gasteiger partial charge < -0.3 is 9.64 Å². The number of carbonyl (C=O) groups is 1. The fourth-order valence-corrected chi connectivity index (χ4v) is 3.88. The maximum absolute atomic E-state index is 14.2. The van der Waals surface area contributed by atoms with Crippen LogP contribution in [0.1, 0.15) is 50.5 Å². The van der Waals surface area contributed by atoms with E-state index in [9.17, 15) is 9.18 Å². The molecule has 1 aliphatic heterocycles. The van der Waals surface area contributed by atoms with E-state index in [1.807, 2.05) is 11.0 Å². The largest absolute Gasteiger partial charge is 0.385 e. The number of nitrogens with zero attached hydrogens (tertiary/aromatic N) is 1. The molecule has 1 atom stereocenters. The predicted octanol–water partition coefficient (Wildman–Crippen LogP) is 3.67. The Labute approximate surface area is 137 Å². The Morgan fingerprint density at radius 1 is 1.35 bits per heavy atom. The van der Waals surface area contributed by atoms with Gasteiger partial charge in [0, 0.05) is 31.9 Å². The minimum Gasteiger partial charge on any atom is -0.385 e. The van der Waals surface area contributed by atoms with Gasteiger partial charge in [0.15, 0.2) is 0 Å². The van der Waals surface area contributed by atoms with Crippen molar-refractivity contribution in [3.8, 4) is 0 Å². The van der Waals surface area contributed by atoms with Gasteiger partial charge in [-0.1, -0.05) is 18.2 Å². The van der Waals surface area contributed by atoms with E-state index in [0.29, 0.717) is 5.56 Å². The zero-order valence-electron chi connectivity index (χ0n) is 13.9. The van der Waals surface area contributed by atoms with Gasteiger partial charge in [0.05, 0.1) is 5.41 Å². The average Bonchev–Trinajstić information content (AvgIpc) is 3.37. The number of halogens is 1. The number of methoxy groups -OCH3 is 1. The van der Waals surface area contributed by atoms with Gasteiger partial charge in [0.25, 0.3) is 0 Å². The SMILES string of the molecule is COCCC[C@@H]1CCCCN1C(=O)C1(c2ccccc2F)CC1. The van der Waals surface area contributed by atoms with Crippen LogP contribution < -0.4 is 0 Å². The molecule has 3 rings (SSSR count). The molecule has 0 N–H and O–H groups in total. The van der Waals surface area contributed by atoms with Crippen LogP contribution in [0.4, 0.5) is 4.39 Å². The monoisotopic (exact) mass is 319 g/mol. The summed E-state index contributed by atoms with van der Waals surface area (Å²) in [5.74, 6) is -0.101. The molecular weight excluding hydrogens is 293 g/mol.